The lowest BCUT2D eigenvalue weighted by Gasteiger charge is -2.33. The average molecular weight is 280 g/mol. The molecule has 2 aliphatic carbocycles. The normalized spacial score (nSPS) is 30.5. The number of rotatable bonds is 4. The maximum atomic E-state index is 12.7. The summed E-state index contributed by atoms with van der Waals surface area (Å²) in [4.78, 5) is 12.7. The minimum absolute atomic E-state index is 0.236. The summed E-state index contributed by atoms with van der Waals surface area (Å²) in [6.45, 7) is 3.71. The molecule has 0 aromatic rings. The maximum Gasteiger partial charge on any atom is 0.227 e. The van der Waals surface area contributed by atoms with E-state index in [4.69, 9.17) is 5.73 Å². The molecule has 20 heavy (non-hydrogen) atoms. The van der Waals surface area contributed by atoms with E-state index in [2.05, 4.69) is 12.2 Å². The molecule has 2 unspecified atom stereocenters. The first-order chi connectivity index (χ1) is 9.68. The predicted octanol–water partition coefficient (Wildman–Crippen LogP) is 3.23. The first-order valence-electron chi connectivity index (χ1n) is 8.66. The lowest BCUT2D eigenvalue weighted by atomic mass is 9.78. The molecule has 0 bridgehead atoms. The van der Waals surface area contributed by atoms with Crippen LogP contribution in [0.25, 0.3) is 0 Å². The third-order valence-corrected chi connectivity index (χ3v) is 5.75. The van der Waals surface area contributed by atoms with E-state index in [9.17, 15) is 4.79 Å². The number of nitrogens with two attached hydrogens (primary N) is 1. The van der Waals surface area contributed by atoms with Gasteiger partial charge in [0.15, 0.2) is 0 Å². The fourth-order valence-electron chi connectivity index (χ4n) is 4.04. The fourth-order valence-corrected chi connectivity index (χ4v) is 4.04. The quantitative estimate of drug-likeness (QED) is 0.777. The van der Waals surface area contributed by atoms with E-state index in [1.165, 1.54) is 38.5 Å². The van der Waals surface area contributed by atoms with E-state index in [0.29, 0.717) is 12.5 Å². The van der Waals surface area contributed by atoms with Crippen molar-refractivity contribution in [3.05, 3.63) is 0 Å². The smallest absolute Gasteiger partial charge is 0.227 e. The lowest BCUT2D eigenvalue weighted by Crippen LogP contribution is -2.47. The summed E-state index contributed by atoms with van der Waals surface area (Å²) in [5.74, 6) is 1.67. The second kappa shape index (κ2) is 7.44. The molecule has 1 amide bonds. The summed E-state index contributed by atoms with van der Waals surface area (Å²) in [5, 5.41) is 3.25. The summed E-state index contributed by atoms with van der Waals surface area (Å²) < 4.78 is 0. The molecule has 2 atom stereocenters. The molecule has 2 fully saturated rings. The molecular weight excluding hydrogens is 248 g/mol. The van der Waals surface area contributed by atoms with Crippen LogP contribution in [0.5, 0.6) is 0 Å². The van der Waals surface area contributed by atoms with Gasteiger partial charge in [-0.25, -0.2) is 0 Å². The van der Waals surface area contributed by atoms with E-state index in [1.807, 2.05) is 0 Å². The highest BCUT2D eigenvalue weighted by Crippen LogP contribution is 2.35. The van der Waals surface area contributed by atoms with Gasteiger partial charge in [0.25, 0.3) is 0 Å². The van der Waals surface area contributed by atoms with Crippen LogP contribution in [0.2, 0.25) is 0 Å². The number of hydrogen-bond acceptors (Lipinski definition) is 2. The Morgan fingerprint density at radius 1 is 1.10 bits per heavy atom. The molecule has 3 N–H and O–H groups in total. The highest BCUT2D eigenvalue weighted by Gasteiger charge is 2.37. The summed E-state index contributed by atoms with van der Waals surface area (Å²) in [7, 11) is 0. The molecule has 0 spiro atoms. The Hall–Kier alpha value is -0.570. The van der Waals surface area contributed by atoms with E-state index in [0.717, 1.165) is 38.1 Å². The Morgan fingerprint density at radius 2 is 1.75 bits per heavy atom. The molecule has 2 rings (SSSR count). The van der Waals surface area contributed by atoms with Crippen molar-refractivity contribution < 1.29 is 4.79 Å². The van der Waals surface area contributed by atoms with Crippen molar-refractivity contribution >= 4 is 5.91 Å². The van der Waals surface area contributed by atoms with E-state index in [-0.39, 0.29) is 11.3 Å². The molecule has 116 valence electrons. The van der Waals surface area contributed by atoms with Gasteiger partial charge in [0, 0.05) is 13.1 Å². The van der Waals surface area contributed by atoms with Gasteiger partial charge in [0.2, 0.25) is 5.91 Å². The maximum absolute atomic E-state index is 12.7. The van der Waals surface area contributed by atoms with E-state index < -0.39 is 0 Å². The number of nitrogens with one attached hydrogen (secondary N) is 1. The van der Waals surface area contributed by atoms with E-state index >= 15 is 0 Å². The van der Waals surface area contributed by atoms with Crippen LogP contribution >= 0.6 is 0 Å². The zero-order chi connectivity index (χ0) is 14.4. The molecule has 0 aromatic carbocycles. The van der Waals surface area contributed by atoms with Crippen LogP contribution in [-0.4, -0.2) is 19.0 Å². The van der Waals surface area contributed by atoms with Gasteiger partial charge >= 0.3 is 0 Å². The van der Waals surface area contributed by atoms with Crippen LogP contribution in [0.1, 0.15) is 71.1 Å². The first-order valence-corrected chi connectivity index (χ1v) is 8.66. The number of carbonyl (C=O) groups excluding carboxylic acids is 1. The summed E-state index contributed by atoms with van der Waals surface area (Å²) >= 11 is 0. The van der Waals surface area contributed by atoms with Crippen LogP contribution in [0.3, 0.4) is 0 Å². The Labute approximate surface area is 124 Å². The monoisotopic (exact) mass is 280 g/mol. The molecule has 0 radical (unpaired) electrons. The molecule has 3 nitrogen and oxygen atoms in total. The Kier molecular flexibility index (Phi) is 5.88. The van der Waals surface area contributed by atoms with Crippen molar-refractivity contribution in [3.8, 4) is 0 Å². The fraction of sp³-hybridized carbons (Fsp3) is 0.941. The van der Waals surface area contributed by atoms with Gasteiger partial charge in [0.05, 0.1) is 5.41 Å². The minimum Gasteiger partial charge on any atom is -0.355 e. The largest absolute Gasteiger partial charge is 0.355 e. The van der Waals surface area contributed by atoms with Crippen molar-refractivity contribution in [1.29, 1.82) is 0 Å². The number of amides is 1. The van der Waals surface area contributed by atoms with Crippen molar-refractivity contribution in [3.63, 3.8) is 0 Å². The van der Waals surface area contributed by atoms with E-state index in [1.54, 1.807) is 0 Å². The lowest BCUT2D eigenvalue weighted by molar-refractivity contribution is -0.131. The Morgan fingerprint density at radius 3 is 2.35 bits per heavy atom. The Balaban J connectivity index is 1.88. The average Bonchev–Trinajstić information content (AvgIpc) is 2.72. The molecule has 0 aliphatic heterocycles. The molecule has 0 aromatic heterocycles. The summed E-state index contributed by atoms with van der Waals surface area (Å²) in [5.41, 5.74) is 5.71. The second-order valence-electron chi connectivity index (χ2n) is 7.13. The zero-order valence-corrected chi connectivity index (χ0v) is 13.1. The van der Waals surface area contributed by atoms with Gasteiger partial charge in [-0.1, -0.05) is 51.9 Å². The van der Waals surface area contributed by atoms with Crippen LogP contribution in [0, 0.1) is 17.3 Å². The van der Waals surface area contributed by atoms with Crippen LogP contribution in [0.15, 0.2) is 0 Å². The van der Waals surface area contributed by atoms with Gasteiger partial charge in [0.1, 0.15) is 0 Å². The topological polar surface area (TPSA) is 55.1 Å². The highest BCUT2D eigenvalue weighted by molar-refractivity contribution is 5.82. The molecular formula is C17H32N2O. The third kappa shape index (κ3) is 3.75. The van der Waals surface area contributed by atoms with Crippen molar-refractivity contribution in [2.75, 3.05) is 13.1 Å². The second-order valence-corrected chi connectivity index (χ2v) is 7.13. The predicted molar refractivity (Wildman–Crippen MR) is 83.3 cm³/mol. The van der Waals surface area contributed by atoms with Gasteiger partial charge in [-0.15, -0.1) is 0 Å². The van der Waals surface area contributed by atoms with Crippen LogP contribution in [-0.2, 0) is 4.79 Å². The SMILES string of the molecule is CC1CCCCC1CNC(=O)C1(CN)CCCCCC1. The highest BCUT2D eigenvalue weighted by atomic mass is 16.2. The standard InChI is InChI=1S/C17H32N2O/c1-14-8-4-5-9-15(14)12-19-16(20)17(13-18)10-6-2-3-7-11-17/h14-15H,2-13,18H2,1H3,(H,19,20). The van der Waals surface area contributed by atoms with Gasteiger partial charge in [-0.2, -0.15) is 0 Å². The van der Waals surface area contributed by atoms with Crippen LogP contribution < -0.4 is 11.1 Å². The summed E-state index contributed by atoms with van der Waals surface area (Å²) in [6.07, 6.45) is 12.1. The zero-order valence-electron chi connectivity index (χ0n) is 13.1. The third-order valence-electron chi connectivity index (χ3n) is 5.75. The van der Waals surface area contributed by atoms with Crippen LogP contribution in [0.4, 0.5) is 0 Å². The minimum atomic E-state index is -0.269. The van der Waals surface area contributed by atoms with Crippen molar-refractivity contribution in [1.82, 2.24) is 5.32 Å². The first kappa shape index (κ1) is 15.8. The molecule has 2 saturated carbocycles. The van der Waals surface area contributed by atoms with Gasteiger partial charge in [-0.05, 0) is 31.1 Å². The molecule has 0 heterocycles. The molecule has 3 heteroatoms. The number of hydrogen-bond donors (Lipinski definition) is 2. The summed E-state index contributed by atoms with van der Waals surface area (Å²) in [6, 6.07) is 0. The number of carbonyl (C=O) groups is 1. The van der Waals surface area contributed by atoms with Crippen molar-refractivity contribution in [2.45, 2.75) is 71.1 Å². The molecule has 0 saturated heterocycles. The van der Waals surface area contributed by atoms with Gasteiger partial charge < -0.3 is 11.1 Å². The Bertz CT molecular complexity index is 308. The van der Waals surface area contributed by atoms with Gasteiger partial charge in [-0.3, -0.25) is 4.79 Å². The molecule has 2 aliphatic rings. The van der Waals surface area contributed by atoms with Crippen molar-refractivity contribution in [2.24, 2.45) is 23.0 Å².